The Balaban J connectivity index is 2.40. The van der Waals surface area contributed by atoms with E-state index in [0.29, 0.717) is 11.3 Å². The first-order valence-electron chi connectivity index (χ1n) is 5.71. The number of ether oxygens (including phenoxy) is 1. The lowest BCUT2D eigenvalue weighted by Gasteiger charge is -2.07. The van der Waals surface area contributed by atoms with Crippen LogP contribution in [0.2, 0.25) is 0 Å². The van der Waals surface area contributed by atoms with Gasteiger partial charge in [0.2, 0.25) is 5.75 Å². The van der Waals surface area contributed by atoms with Crippen molar-refractivity contribution in [2.24, 2.45) is 7.05 Å². The summed E-state index contributed by atoms with van der Waals surface area (Å²) < 4.78 is 6.83. The second-order valence-electron chi connectivity index (χ2n) is 4.30. The number of rotatable bonds is 3. The number of hydrogen-bond acceptors (Lipinski definition) is 5. The summed E-state index contributed by atoms with van der Waals surface area (Å²) in [6.07, 6.45) is 0. The normalized spacial score (nSPS) is 10.5. The number of aromatic hydroxyl groups is 1. The number of nitrogen functional groups attached to an aromatic ring is 1. The Morgan fingerprint density at radius 3 is 2.68 bits per heavy atom. The summed E-state index contributed by atoms with van der Waals surface area (Å²) in [5, 5.41) is 13.7. The summed E-state index contributed by atoms with van der Waals surface area (Å²) in [7, 11) is 1.60. The highest BCUT2D eigenvalue weighted by molar-refractivity contribution is 5.94. The van der Waals surface area contributed by atoms with Gasteiger partial charge < -0.3 is 15.6 Å². The molecule has 0 radical (unpaired) electrons. The SMILES string of the molecule is CC(=O)c1ccc(C)c(Oc2nn(C)c(N)c2O)c1. The van der Waals surface area contributed by atoms with Crippen molar-refractivity contribution in [3.05, 3.63) is 29.3 Å². The third-order valence-corrected chi connectivity index (χ3v) is 2.84. The van der Waals surface area contributed by atoms with E-state index < -0.39 is 0 Å². The second kappa shape index (κ2) is 4.64. The van der Waals surface area contributed by atoms with E-state index in [1.165, 1.54) is 11.6 Å². The van der Waals surface area contributed by atoms with E-state index >= 15 is 0 Å². The first-order chi connectivity index (χ1) is 8.90. The predicted octanol–water partition coefficient (Wildman–Crippen LogP) is 2.01. The molecule has 19 heavy (non-hydrogen) atoms. The summed E-state index contributed by atoms with van der Waals surface area (Å²) in [5.74, 6) is 0.324. The summed E-state index contributed by atoms with van der Waals surface area (Å²) >= 11 is 0. The van der Waals surface area contributed by atoms with Crippen molar-refractivity contribution in [2.45, 2.75) is 13.8 Å². The molecule has 1 aromatic carbocycles. The molecule has 0 fully saturated rings. The lowest BCUT2D eigenvalue weighted by atomic mass is 10.1. The molecule has 0 atom stereocenters. The molecule has 0 bridgehead atoms. The fourth-order valence-electron chi connectivity index (χ4n) is 1.60. The van der Waals surface area contributed by atoms with E-state index in [4.69, 9.17) is 10.5 Å². The van der Waals surface area contributed by atoms with Crippen LogP contribution in [0.25, 0.3) is 0 Å². The number of hydrogen-bond donors (Lipinski definition) is 2. The molecule has 0 saturated carbocycles. The average Bonchev–Trinajstić information content (AvgIpc) is 2.59. The van der Waals surface area contributed by atoms with E-state index in [1.54, 1.807) is 25.2 Å². The molecule has 0 aliphatic carbocycles. The van der Waals surface area contributed by atoms with Gasteiger partial charge >= 0.3 is 0 Å². The minimum Gasteiger partial charge on any atom is -0.501 e. The molecule has 0 unspecified atom stereocenters. The molecule has 0 aliphatic heterocycles. The number of carbonyl (C=O) groups is 1. The van der Waals surface area contributed by atoms with E-state index in [1.807, 2.05) is 6.92 Å². The molecule has 1 heterocycles. The number of aryl methyl sites for hydroxylation is 2. The Kier molecular flexibility index (Phi) is 3.16. The van der Waals surface area contributed by atoms with Crippen LogP contribution in [-0.2, 0) is 7.05 Å². The van der Waals surface area contributed by atoms with Crippen LogP contribution in [0.4, 0.5) is 5.82 Å². The van der Waals surface area contributed by atoms with Crippen LogP contribution in [0.1, 0.15) is 22.8 Å². The molecule has 0 aliphatic rings. The highest BCUT2D eigenvalue weighted by Gasteiger charge is 2.16. The van der Waals surface area contributed by atoms with Crippen LogP contribution < -0.4 is 10.5 Å². The summed E-state index contributed by atoms with van der Waals surface area (Å²) in [4.78, 5) is 11.3. The minimum absolute atomic E-state index is 0.0174. The molecule has 2 rings (SSSR count). The van der Waals surface area contributed by atoms with Crippen LogP contribution in [0.15, 0.2) is 18.2 Å². The van der Waals surface area contributed by atoms with Gasteiger partial charge in [-0.1, -0.05) is 12.1 Å². The molecule has 0 amide bonds. The topological polar surface area (TPSA) is 90.4 Å². The zero-order valence-electron chi connectivity index (χ0n) is 11.0. The smallest absolute Gasteiger partial charge is 0.283 e. The Morgan fingerprint density at radius 1 is 1.47 bits per heavy atom. The van der Waals surface area contributed by atoms with Crippen molar-refractivity contribution in [1.29, 1.82) is 0 Å². The van der Waals surface area contributed by atoms with E-state index in [9.17, 15) is 9.90 Å². The van der Waals surface area contributed by atoms with E-state index in [2.05, 4.69) is 5.10 Å². The maximum absolute atomic E-state index is 11.3. The minimum atomic E-state index is -0.213. The number of carbonyl (C=O) groups excluding carboxylic acids is 1. The van der Waals surface area contributed by atoms with Gasteiger partial charge in [0, 0.05) is 12.6 Å². The third kappa shape index (κ3) is 2.37. The van der Waals surface area contributed by atoms with Gasteiger partial charge in [0.25, 0.3) is 5.88 Å². The maximum atomic E-state index is 11.3. The Labute approximate surface area is 110 Å². The highest BCUT2D eigenvalue weighted by atomic mass is 16.5. The zero-order chi connectivity index (χ0) is 14.2. The van der Waals surface area contributed by atoms with Crippen LogP contribution >= 0.6 is 0 Å². The van der Waals surface area contributed by atoms with Crippen LogP contribution in [0.5, 0.6) is 17.4 Å². The Bertz CT molecular complexity index is 647. The summed E-state index contributed by atoms with van der Waals surface area (Å²) in [6.45, 7) is 3.31. The number of benzene rings is 1. The van der Waals surface area contributed by atoms with Crippen molar-refractivity contribution in [3.63, 3.8) is 0 Å². The summed E-state index contributed by atoms with van der Waals surface area (Å²) in [6, 6.07) is 5.11. The van der Waals surface area contributed by atoms with Crippen molar-refractivity contribution >= 4 is 11.6 Å². The van der Waals surface area contributed by atoms with Crippen LogP contribution in [0, 0.1) is 6.92 Å². The van der Waals surface area contributed by atoms with E-state index in [0.717, 1.165) is 5.56 Å². The molecule has 2 aromatic rings. The lowest BCUT2D eigenvalue weighted by Crippen LogP contribution is -1.97. The molecule has 1 aromatic heterocycles. The third-order valence-electron chi connectivity index (χ3n) is 2.84. The number of nitrogens with zero attached hydrogens (tertiary/aromatic N) is 2. The zero-order valence-corrected chi connectivity index (χ0v) is 11.0. The monoisotopic (exact) mass is 261 g/mol. The van der Waals surface area contributed by atoms with Gasteiger partial charge in [-0.25, -0.2) is 4.68 Å². The van der Waals surface area contributed by atoms with Crippen LogP contribution in [0.3, 0.4) is 0 Å². The number of anilines is 1. The number of nitrogens with two attached hydrogens (primary N) is 1. The molecule has 6 heteroatoms. The van der Waals surface area contributed by atoms with Gasteiger partial charge in [0.05, 0.1) is 0 Å². The first kappa shape index (κ1) is 12.9. The van der Waals surface area contributed by atoms with Gasteiger partial charge in [-0.05, 0) is 25.5 Å². The van der Waals surface area contributed by atoms with Gasteiger partial charge in [0.15, 0.2) is 11.6 Å². The number of ketones is 1. The number of Topliss-reactive ketones (excluding diaryl/α,β-unsaturated/α-hetero) is 1. The molecule has 100 valence electrons. The molecular formula is C13H15N3O3. The largest absolute Gasteiger partial charge is 0.501 e. The van der Waals surface area contributed by atoms with E-state index in [-0.39, 0.29) is 23.2 Å². The Hall–Kier alpha value is -2.50. The lowest BCUT2D eigenvalue weighted by molar-refractivity contribution is 0.101. The standard InChI is InChI=1S/C13H15N3O3/c1-7-4-5-9(8(2)17)6-10(7)19-13-11(18)12(14)16(3)15-13/h4-6,18H,14H2,1-3H3. The molecule has 6 nitrogen and oxygen atoms in total. The molecule has 3 N–H and O–H groups in total. The molecular weight excluding hydrogens is 246 g/mol. The molecule has 0 saturated heterocycles. The van der Waals surface area contributed by atoms with Crippen molar-refractivity contribution < 1.29 is 14.6 Å². The predicted molar refractivity (Wildman–Crippen MR) is 70.5 cm³/mol. The summed E-state index contributed by atoms with van der Waals surface area (Å²) in [5.41, 5.74) is 6.95. The second-order valence-corrected chi connectivity index (χ2v) is 4.30. The van der Waals surface area contributed by atoms with Crippen molar-refractivity contribution in [3.8, 4) is 17.4 Å². The van der Waals surface area contributed by atoms with Crippen molar-refractivity contribution in [1.82, 2.24) is 9.78 Å². The quantitative estimate of drug-likeness (QED) is 0.825. The molecule has 0 spiro atoms. The van der Waals surface area contributed by atoms with Crippen LogP contribution in [-0.4, -0.2) is 20.7 Å². The van der Waals surface area contributed by atoms with Gasteiger partial charge in [-0.2, -0.15) is 0 Å². The number of aromatic nitrogens is 2. The van der Waals surface area contributed by atoms with Crippen molar-refractivity contribution in [2.75, 3.05) is 5.73 Å². The first-order valence-corrected chi connectivity index (χ1v) is 5.71. The maximum Gasteiger partial charge on any atom is 0.283 e. The van der Waals surface area contributed by atoms with Gasteiger partial charge in [-0.15, -0.1) is 5.10 Å². The Morgan fingerprint density at radius 2 is 2.16 bits per heavy atom. The van der Waals surface area contributed by atoms with Gasteiger partial charge in [-0.3, -0.25) is 4.79 Å². The fraction of sp³-hybridized carbons (Fsp3) is 0.231. The van der Waals surface area contributed by atoms with Gasteiger partial charge in [0.1, 0.15) is 5.75 Å². The fourth-order valence-corrected chi connectivity index (χ4v) is 1.60. The average molecular weight is 261 g/mol. The highest BCUT2D eigenvalue weighted by Crippen LogP contribution is 2.35.